The monoisotopic (exact) mass is 502 g/mol. The first-order chi connectivity index (χ1) is 17.8. The van der Waals surface area contributed by atoms with Gasteiger partial charge in [0.25, 0.3) is 0 Å². The Hall–Kier alpha value is -3.48. The van der Waals surface area contributed by atoms with E-state index in [1.807, 2.05) is 43.3 Å². The summed E-state index contributed by atoms with van der Waals surface area (Å²) in [4.78, 5) is 54.3. The van der Waals surface area contributed by atoms with Crippen LogP contribution in [0.15, 0.2) is 42.5 Å². The Morgan fingerprint density at radius 3 is 1.86 bits per heavy atom. The van der Waals surface area contributed by atoms with Gasteiger partial charge in [0.2, 0.25) is 23.6 Å². The lowest BCUT2D eigenvalue weighted by molar-refractivity contribution is -0.146. The number of carbonyl (C=O) groups is 4. The lowest BCUT2D eigenvalue weighted by atomic mass is 9.59. The number of hydrogen-bond acceptors (Lipinski definition) is 5. The summed E-state index contributed by atoms with van der Waals surface area (Å²) in [6.07, 6.45) is 6.72. The molecule has 7 nitrogen and oxygen atoms in total. The van der Waals surface area contributed by atoms with E-state index in [2.05, 4.69) is 6.92 Å². The summed E-state index contributed by atoms with van der Waals surface area (Å²) in [5.74, 6) is -4.12. The average molecular weight is 503 g/mol. The van der Waals surface area contributed by atoms with E-state index in [4.69, 9.17) is 4.74 Å². The molecule has 0 aromatic heterocycles. The molecule has 3 aliphatic rings. The van der Waals surface area contributed by atoms with Crippen LogP contribution >= 0.6 is 0 Å². The lowest BCUT2D eigenvalue weighted by Crippen LogP contribution is -2.50. The minimum Gasteiger partial charge on any atom is -0.491 e. The molecule has 37 heavy (non-hydrogen) atoms. The van der Waals surface area contributed by atoms with Gasteiger partial charge in [0.1, 0.15) is 5.75 Å². The minimum atomic E-state index is -0.776. The molecule has 3 fully saturated rings. The second-order valence-electron chi connectivity index (χ2n) is 10.5. The summed E-state index contributed by atoms with van der Waals surface area (Å²) in [6.45, 7) is 4.70. The first-order valence-corrected chi connectivity index (χ1v) is 13.4. The fourth-order valence-electron chi connectivity index (χ4n) is 5.98. The maximum Gasteiger partial charge on any atom is 0.238 e. The van der Waals surface area contributed by atoms with E-state index in [0.29, 0.717) is 18.0 Å². The van der Waals surface area contributed by atoms with Crippen molar-refractivity contribution in [2.45, 2.75) is 52.4 Å². The predicted octanol–water partition coefficient (Wildman–Crippen LogP) is 4.75. The molecule has 0 radical (unpaired) electrons. The number of unbranched alkanes of at least 4 members (excludes halogenated alkanes) is 5. The van der Waals surface area contributed by atoms with E-state index >= 15 is 0 Å². The van der Waals surface area contributed by atoms with Crippen molar-refractivity contribution >= 4 is 29.3 Å². The summed E-state index contributed by atoms with van der Waals surface area (Å²) in [5, 5.41) is 0. The molecule has 0 spiro atoms. The highest BCUT2D eigenvalue weighted by Gasteiger charge is 2.73. The van der Waals surface area contributed by atoms with E-state index in [0.717, 1.165) is 45.8 Å². The van der Waals surface area contributed by atoms with E-state index in [9.17, 15) is 19.2 Å². The Bertz CT molecular complexity index is 1200. The summed E-state index contributed by atoms with van der Waals surface area (Å²) in [7, 11) is 1.42. The van der Waals surface area contributed by atoms with Crippen molar-refractivity contribution in [3.63, 3.8) is 0 Å². The predicted molar refractivity (Wildman–Crippen MR) is 140 cm³/mol. The van der Waals surface area contributed by atoms with Crippen LogP contribution in [0.2, 0.25) is 0 Å². The van der Waals surface area contributed by atoms with Gasteiger partial charge in [0, 0.05) is 7.05 Å². The van der Waals surface area contributed by atoms with Crippen molar-refractivity contribution in [2.75, 3.05) is 18.6 Å². The van der Waals surface area contributed by atoms with Crippen molar-refractivity contribution in [2.24, 2.45) is 23.7 Å². The number of nitrogens with zero attached hydrogens (tertiary/aromatic N) is 2. The number of likely N-dealkylation sites (tertiary alicyclic amines) is 1. The van der Waals surface area contributed by atoms with Crippen LogP contribution in [0.3, 0.4) is 0 Å². The maximum atomic E-state index is 13.5. The number of aryl methyl sites for hydroxylation is 1. The van der Waals surface area contributed by atoms with Gasteiger partial charge in [-0.05, 0) is 36.6 Å². The molecular formula is C30H34N2O5. The molecule has 7 heteroatoms. The molecule has 5 rings (SSSR count). The summed E-state index contributed by atoms with van der Waals surface area (Å²) in [6, 6.07) is 13.6. The van der Waals surface area contributed by atoms with Crippen LogP contribution in [-0.2, 0) is 19.2 Å². The maximum absolute atomic E-state index is 13.5. The number of fused-ring (bicyclic) bond motifs is 4. The van der Waals surface area contributed by atoms with Crippen LogP contribution in [0.4, 0.5) is 5.69 Å². The SMILES string of the molecule is CCCCCCCCOc1cc(-c2ccc(C)cc2)ccc1N1C(=O)C2C3C(=O)N(C)C(=O)C3C2C1=O. The Balaban J connectivity index is 1.41. The number of carbonyl (C=O) groups excluding carboxylic acids is 4. The normalized spacial score (nSPS) is 24.4. The third kappa shape index (κ3) is 4.24. The van der Waals surface area contributed by atoms with Crippen molar-refractivity contribution in [1.29, 1.82) is 0 Å². The van der Waals surface area contributed by atoms with Crippen LogP contribution in [0, 0.1) is 30.6 Å². The number of hydrogen-bond donors (Lipinski definition) is 0. The quantitative estimate of drug-likeness (QED) is 0.346. The number of amides is 4. The zero-order chi connectivity index (χ0) is 26.3. The highest BCUT2D eigenvalue weighted by Crippen LogP contribution is 2.57. The van der Waals surface area contributed by atoms with Crippen molar-refractivity contribution in [3.05, 3.63) is 48.0 Å². The van der Waals surface area contributed by atoms with Gasteiger partial charge >= 0.3 is 0 Å². The molecule has 4 atom stereocenters. The molecule has 0 bridgehead atoms. The zero-order valence-corrected chi connectivity index (χ0v) is 21.7. The molecule has 4 unspecified atom stereocenters. The van der Waals surface area contributed by atoms with Gasteiger partial charge < -0.3 is 4.74 Å². The number of ether oxygens (including phenoxy) is 1. The van der Waals surface area contributed by atoms with Gasteiger partial charge in [-0.1, -0.05) is 74.9 Å². The molecule has 2 aromatic rings. The van der Waals surface area contributed by atoms with Gasteiger partial charge in [0.15, 0.2) is 0 Å². The van der Waals surface area contributed by atoms with Crippen LogP contribution in [0.25, 0.3) is 11.1 Å². The third-order valence-corrected chi connectivity index (χ3v) is 8.13. The molecule has 0 N–H and O–H groups in total. The van der Waals surface area contributed by atoms with Crippen LogP contribution in [-0.4, -0.2) is 42.2 Å². The average Bonchev–Trinajstić information content (AvgIpc) is 3.18. The largest absolute Gasteiger partial charge is 0.491 e. The van der Waals surface area contributed by atoms with Gasteiger partial charge in [-0.2, -0.15) is 0 Å². The topological polar surface area (TPSA) is 84.0 Å². The molecule has 4 amide bonds. The molecule has 194 valence electrons. The van der Waals surface area contributed by atoms with Crippen molar-refractivity contribution in [1.82, 2.24) is 4.90 Å². The van der Waals surface area contributed by atoms with Gasteiger partial charge in [-0.3, -0.25) is 24.1 Å². The van der Waals surface area contributed by atoms with E-state index < -0.39 is 35.5 Å². The Labute approximate surface area is 217 Å². The summed E-state index contributed by atoms with van der Waals surface area (Å²) >= 11 is 0. The smallest absolute Gasteiger partial charge is 0.238 e. The van der Waals surface area contributed by atoms with Gasteiger partial charge in [0.05, 0.1) is 36.0 Å². The second kappa shape index (κ2) is 10.1. The third-order valence-electron chi connectivity index (χ3n) is 8.13. The second-order valence-corrected chi connectivity index (χ2v) is 10.5. The lowest BCUT2D eigenvalue weighted by Gasteiger charge is -2.36. The van der Waals surface area contributed by atoms with Crippen LogP contribution < -0.4 is 9.64 Å². The first kappa shape index (κ1) is 25.2. The summed E-state index contributed by atoms with van der Waals surface area (Å²) < 4.78 is 6.19. The molecular weight excluding hydrogens is 468 g/mol. The van der Waals surface area contributed by atoms with Gasteiger partial charge in [-0.25, -0.2) is 4.90 Å². The Morgan fingerprint density at radius 2 is 1.24 bits per heavy atom. The van der Waals surface area contributed by atoms with E-state index in [1.54, 1.807) is 6.07 Å². The fourth-order valence-corrected chi connectivity index (χ4v) is 5.98. The minimum absolute atomic E-state index is 0.367. The number of imide groups is 2. The van der Waals surface area contributed by atoms with E-state index in [1.165, 1.54) is 26.3 Å². The van der Waals surface area contributed by atoms with E-state index in [-0.39, 0.29) is 11.8 Å². The van der Waals surface area contributed by atoms with Gasteiger partial charge in [-0.15, -0.1) is 0 Å². The molecule has 2 aromatic carbocycles. The standard InChI is InChI=1S/C30H34N2O5/c1-4-5-6-7-8-9-16-37-22-17-20(19-12-10-18(2)11-13-19)14-15-21(22)32-29(35)25-23-24(26(25)30(32)36)28(34)31(3)27(23)33/h10-15,17,23-26H,4-9,16H2,1-3H3. The first-order valence-electron chi connectivity index (χ1n) is 13.4. The number of anilines is 1. The molecule has 1 saturated carbocycles. The highest BCUT2D eigenvalue weighted by molar-refractivity contribution is 6.28. The van der Waals surface area contributed by atoms with Crippen LogP contribution in [0.5, 0.6) is 5.75 Å². The van der Waals surface area contributed by atoms with Crippen molar-refractivity contribution in [3.8, 4) is 16.9 Å². The highest BCUT2D eigenvalue weighted by atomic mass is 16.5. The van der Waals surface area contributed by atoms with Crippen molar-refractivity contribution < 1.29 is 23.9 Å². The molecule has 2 aliphatic heterocycles. The fraction of sp³-hybridized carbons (Fsp3) is 0.467. The van der Waals surface area contributed by atoms with Crippen LogP contribution in [0.1, 0.15) is 51.0 Å². The summed E-state index contributed by atoms with van der Waals surface area (Å²) in [5.41, 5.74) is 3.48. The number of benzene rings is 2. The Kier molecular flexibility index (Phi) is 6.88. The Morgan fingerprint density at radius 1 is 0.703 bits per heavy atom. The molecule has 1 aliphatic carbocycles. The zero-order valence-electron chi connectivity index (χ0n) is 21.7. The molecule has 2 heterocycles. The molecule has 2 saturated heterocycles. The number of rotatable bonds is 10.